The molecule has 30 heavy (non-hydrogen) atoms. The lowest BCUT2D eigenvalue weighted by atomic mass is 10.1. The smallest absolute Gasteiger partial charge is 0.337 e. The quantitative estimate of drug-likeness (QED) is 0.451. The number of hydrogen-bond donors (Lipinski definition) is 0. The number of allylic oxidation sites excluding steroid dienone is 1. The van der Waals surface area contributed by atoms with Crippen LogP contribution in [0.3, 0.4) is 0 Å². The van der Waals surface area contributed by atoms with Gasteiger partial charge in [0.1, 0.15) is 23.9 Å². The average molecular weight is 404 g/mol. The van der Waals surface area contributed by atoms with Crippen molar-refractivity contribution in [1.82, 2.24) is 0 Å². The zero-order valence-corrected chi connectivity index (χ0v) is 16.1. The third kappa shape index (κ3) is 4.07. The molecule has 1 aliphatic heterocycles. The molecule has 0 atom stereocenters. The topological polar surface area (TPSA) is 61.8 Å². The van der Waals surface area contributed by atoms with Gasteiger partial charge in [0.05, 0.1) is 18.2 Å². The van der Waals surface area contributed by atoms with Crippen LogP contribution < -0.4 is 9.47 Å². The summed E-state index contributed by atoms with van der Waals surface area (Å²) in [5, 5.41) is 0. The molecule has 6 heteroatoms. The molecule has 3 aromatic rings. The minimum atomic E-state index is -0.428. The largest absolute Gasteiger partial charge is 0.489 e. The lowest BCUT2D eigenvalue weighted by Crippen LogP contribution is -2.01. The van der Waals surface area contributed by atoms with Gasteiger partial charge >= 0.3 is 5.97 Å². The number of fused-ring (bicyclic) bond motifs is 1. The van der Waals surface area contributed by atoms with Crippen molar-refractivity contribution in [2.24, 2.45) is 0 Å². The van der Waals surface area contributed by atoms with Crippen LogP contribution in [0.15, 0.2) is 72.5 Å². The van der Waals surface area contributed by atoms with Crippen LogP contribution >= 0.6 is 0 Å². The normalized spacial score (nSPS) is 13.7. The van der Waals surface area contributed by atoms with E-state index in [1.807, 2.05) is 0 Å². The molecule has 0 fully saturated rings. The van der Waals surface area contributed by atoms with Crippen LogP contribution in [0.1, 0.15) is 31.8 Å². The van der Waals surface area contributed by atoms with E-state index in [4.69, 9.17) is 9.47 Å². The minimum absolute atomic E-state index is 0.187. The van der Waals surface area contributed by atoms with Gasteiger partial charge in [-0.05, 0) is 53.6 Å². The molecule has 0 saturated carbocycles. The number of hydrogen-bond acceptors (Lipinski definition) is 5. The van der Waals surface area contributed by atoms with Crippen molar-refractivity contribution in [3.63, 3.8) is 0 Å². The molecular weight excluding hydrogens is 387 g/mol. The van der Waals surface area contributed by atoms with Crippen LogP contribution in [-0.2, 0) is 11.3 Å². The van der Waals surface area contributed by atoms with Gasteiger partial charge in [-0.1, -0.05) is 24.3 Å². The highest BCUT2D eigenvalue weighted by atomic mass is 19.1. The molecule has 1 aliphatic rings. The molecule has 0 aromatic heterocycles. The van der Waals surface area contributed by atoms with E-state index in [1.54, 1.807) is 60.7 Å². The fourth-order valence-electron chi connectivity index (χ4n) is 2.99. The van der Waals surface area contributed by atoms with E-state index in [2.05, 4.69) is 4.74 Å². The Morgan fingerprint density at radius 2 is 1.77 bits per heavy atom. The third-order valence-electron chi connectivity index (χ3n) is 4.59. The van der Waals surface area contributed by atoms with Crippen LogP contribution in [0.5, 0.6) is 11.5 Å². The van der Waals surface area contributed by atoms with Gasteiger partial charge in [0.25, 0.3) is 0 Å². The van der Waals surface area contributed by atoms with E-state index >= 15 is 0 Å². The average Bonchev–Trinajstić information content (AvgIpc) is 3.08. The van der Waals surface area contributed by atoms with E-state index in [9.17, 15) is 14.0 Å². The predicted molar refractivity (Wildman–Crippen MR) is 108 cm³/mol. The summed E-state index contributed by atoms with van der Waals surface area (Å²) < 4.78 is 29.1. The van der Waals surface area contributed by atoms with Crippen LogP contribution in [0.2, 0.25) is 0 Å². The molecule has 4 rings (SSSR count). The van der Waals surface area contributed by atoms with Crippen molar-refractivity contribution in [2.75, 3.05) is 7.11 Å². The number of ketones is 1. The van der Waals surface area contributed by atoms with Crippen molar-refractivity contribution >= 4 is 17.8 Å². The maximum atomic E-state index is 13.0. The first-order valence-corrected chi connectivity index (χ1v) is 9.17. The highest BCUT2D eigenvalue weighted by Crippen LogP contribution is 2.35. The van der Waals surface area contributed by atoms with E-state index in [0.717, 1.165) is 5.56 Å². The Morgan fingerprint density at radius 1 is 1.03 bits per heavy atom. The van der Waals surface area contributed by atoms with Gasteiger partial charge in [0, 0.05) is 6.07 Å². The lowest BCUT2D eigenvalue weighted by Gasteiger charge is -2.07. The van der Waals surface area contributed by atoms with E-state index in [0.29, 0.717) is 28.2 Å². The molecule has 0 amide bonds. The number of Topliss-reactive ketones (excluding diaryl/α,β-unsaturated/α-hetero) is 1. The second kappa shape index (κ2) is 8.21. The van der Waals surface area contributed by atoms with Gasteiger partial charge in [-0.3, -0.25) is 4.79 Å². The summed E-state index contributed by atoms with van der Waals surface area (Å²) in [4.78, 5) is 24.1. The summed E-state index contributed by atoms with van der Waals surface area (Å²) >= 11 is 0. The molecule has 3 aromatic carbocycles. The van der Waals surface area contributed by atoms with Gasteiger partial charge in [-0.25, -0.2) is 9.18 Å². The maximum absolute atomic E-state index is 13.0. The second-order valence-electron chi connectivity index (χ2n) is 6.63. The van der Waals surface area contributed by atoms with Crippen molar-refractivity contribution in [3.05, 3.63) is 101 Å². The summed E-state index contributed by atoms with van der Waals surface area (Å²) in [6.45, 7) is 0.266. The Balaban J connectivity index is 1.47. The van der Waals surface area contributed by atoms with Gasteiger partial charge in [-0.2, -0.15) is 0 Å². The Kier molecular flexibility index (Phi) is 5.30. The first-order valence-electron chi connectivity index (χ1n) is 9.17. The van der Waals surface area contributed by atoms with Crippen LogP contribution in [0, 0.1) is 5.82 Å². The first kappa shape index (κ1) is 19.4. The van der Waals surface area contributed by atoms with Crippen LogP contribution in [0.4, 0.5) is 4.39 Å². The number of benzene rings is 3. The summed E-state index contributed by atoms with van der Waals surface area (Å²) in [6, 6.07) is 17.7. The molecule has 5 nitrogen and oxygen atoms in total. The highest BCUT2D eigenvalue weighted by molar-refractivity contribution is 6.14. The number of methoxy groups -OCH3 is 1. The molecule has 1 heterocycles. The van der Waals surface area contributed by atoms with E-state index in [-0.39, 0.29) is 24.0 Å². The SMILES string of the molecule is COC(=O)c1ccc(/C=C2\Oc3cc(OCc4ccc(F)cc4)ccc3C2=O)cc1. The molecule has 0 saturated heterocycles. The van der Waals surface area contributed by atoms with Gasteiger partial charge < -0.3 is 14.2 Å². The monoisotopic (exact) mass is 404 g/mol. The Labute approximate surface area is 172 Å². The van der Waals surface area contributed by atoms with Crippen molar-refractivity contribution < 1.29 is 28.2 Å². The number of halogens is 1. The number of ether oxygens (including phenoxy) is 3. The van der Waals surface area contributed by atoms with Crippen LogP contribution in [0.25, 0.3) is 6.08 Å². The number of rotatable bonds is 5. The third-order valence-corrected chi connectivity index (χ3v) is 4.59. The lowest BCUT2D eigenvalue weighted by molar-refractivity contribution is 0.0600. The Bertz CT molecular complexity index is 1130. The van der Waals surface area contributed by atoms with Crippen molar-refractivity contribution in [3.8, 4) is 11.5 Å². The van der Waals surface area contributed by atoms with Gasteiger partial charge in [0.2, 0.25) is 5.78 Å². The zero-order chi connectivity index (χ0) is 21.1. The van der Waals surface area contributed by atoms with Crippen molar-refractivity contribution in [2.45, 2.75) is 6.61 Å². The molecule has 0 aliphatic carbocycles. The Morgan fingerprint density at radius 3 is 2.47 bits per heavy atom. The summed E-state index contributed by atoms with van der Waals surface area (Å²) in [6.07, 6.45) is 1.61. The fourth-order valence-corrected chi connectivity index (χ4v) is 2.99. The molecule has 0 spiro atoms. The summed E-state index contributed by atoms with van der Waals surface area (Å²) in [7, 11) is 1.32. The van der Waals surface area contributed by atoms with Crippen molar-refractivity contribution in [1.29, 1.82) is 0 Å². The highest BCUT2D eigenvalue weighted by Gasteiger charge is 2.27. The van der Waals surface area contributed by atoms with E-state index in [1.165, 1.54) is 19.2 Å². The molecule has 0 unspecified atom stereocenters. The fraction of sp³-hybridized carbons (Fsp3) is 0.0833. The molecule has 150 valence electrons. The van der Waals surface area contributed by atoms with Gasteiger partial charge in [0.15, 0.2) is 5.76 Å². The predicted octanol–water partition coefficient (Wildman–Crippen LogP) is 4.81. The standard InChI is InChI=1S/C24H17FO5/c1-28-24(27)17-6-2-15(3-7-17)12-22-23(26)20-11-10-19(13-21(20)30-22)29-14-16-4-8-18(25)9-5-16/h2-13H,14H2,1H3/b22-12-. The number of esters is 1. The maximum Gasteiger partial charge on any atom is 0.337 e. The summed E-state index contributed by atoms with van der Waals surface area (Å²) in [5.41, 5.74) is 2.41. The van der Waals surface area contributed by atoms with Crippen LogP contribution in [-0.4, -0.2) is 18.9 Å². The van der Waals surface area contributed by atoms with E-state index < -0.39 is 5.97 Å². The molecular formula is C24H17FO5. The molecule has 0 radical (unpaired) electrons. The number of carbonyl (C=O) groups is 2. The number of carbonyl (C=O) groups excluding carboxylic acids is 2. The Hall–Kier alpha value is -3.93. The summed E-state index contributed by atoms with van der Waals surface area (Å²) in [5.74, 6) is 0.174. The molecule has 0 N–H and O–H groups in total. The minimum Gasteiger partial charge on any atom is -0.489 e. The first-order chi connectivity index (χ1) is 14.5. The second-order valence-corrected chi connectivity index (χ2v) is 6.63. The zero-order valence-electron chi connectivity index (χ0n) is 16.1. The van der Waals surface area contributed by atoms with Gasteiger partial charge in [-0.15, -0.1) is 0 Å². The molecule has 0 bridgehead atoms.